The molecular formula is C17H20N2O3. The third-order valence-electron chi connectivity index (χ3n) is 3.69. The molecule has 0 fully saturated rings. The van der Waals surface area contributed by atoms with Crippen LogP contribution in [0, 0.1) is 0 Å². The van der Waals surface area contributed by atoms with Gasteiger partial charge in [0, 0.05) is 11.7 Å². The smallest absolute Gasteiger partial charge is 0.323 e. The summed E-state index contributed by atoms with van der Waals surface area (Å²) < 4.78 is 0. The van der Waals surface area contributed by atoms with Gasteiger partial charge in [0.05, 0.1) is 0 Å². The van der Waals surface area contributed by atoms with E-state index in [0.29, 0.717) is 12.1 Å². The van der Waals surface area contributed by atoms with Crippen molar-refractivity contribution in [2.75, 3.05) is 6.54 Å². The Morgan fingerprint density at radius 3 is 2.45 bits per heavy atom. The van der Waals surface area contributed by atoms with Crippen molar-refractivity contribution in [2.24, 2.45) is 0 Å². The first-order chi connectivity index (χ1) is 10.5. The van der Waals surface area contributed by atoms with Gasteiger partial charge in [0.2, 0.25) is 0 Å². The Balaban J connectivity index is 2.24. The summed E-state index contributed by atoms with van der Waals surface area (Å²) in [5, 5.41) is 9.00. The molecule has 1 unspecified atom stereocenters. The minimum Gasteiger partial charge on any atom is -0.480 e. The lowest BCUT2D eigenvalue weighted by atomic mass is 10.2. The topological polar surface area (TPSA) is 73.4 Å². The zero-order valence-corrected chi connectivity index (χ0v) is 12.7. The van der Waals surface area contributed by atoms with Crippen molar-refractivity contribution in [3.8, 4) is 11.3 Å². The molecule has 0 aliphatic carbocycles. The molecule has 5 nitrogen and oxygen atoms in total. The van der Waals surface area contributed by atoms with Crippen molar-refractivity contribution in [3.63, 3.8) is 0 Å². The number of benzene rings is 1. The van der Waals surface area contributed by atoms with E-state index >= 15 is 0 Å². The highest BCUT2D eigenvalue weighted by atomic mass is 16.4. The van der Waals surface area contributed by atoms with Crippen LogP contribution in [0.25, 0.3) is 11.3 Å². The van der Waals surface area contributed by atoms with E-state index in [0.717, 1.165) is 11.3 Å². The van der Waals surface area contributed by atoms with Crippen LogP contribution in [0.4, 0.5) is 0 Å². The largest absolute Gasteiger partial charge is 0.480 e. The number of rotatable bonds is 6. The van der Waals surface area contributed by atoms with E-state index < -0.39 is 5.97 Å². The quantitative estimate of drug-likeness (QED) is 0.861. The first-order valence-electron chi connectivity index (χ1n) is 7.30. The van der Waals surface area contributed by atoms with Crippen LogP contribution in [-0.4, -0.2) is 39.5 Å². The summed E-state index contributed by atoms with van der Waals surface area (Å²) in [4.78, 5) is 28.0. The summed E-state index contributed by atoms with van der Waals surface area (Å²) in [6.45, 7) is 3.48. The minimum atomic E-state index is -1.01. The van der Waals surface area contributed by atoms with Crippen LogP contribution in [0.5, 0.6) is 0 Å². The number of nitrogens with one attached hydrogen (secondary N) is 1. The number of carboxylic acids is 1. The minimum absolute atomic E-state index is 0.132. The third kappa shape index (κ3) is 3.55. The lowest BCUT2D eigenvalue weighted by molar-refractivity contribution is -0.138. The fourth-order valence-corrected chi connectivity index (χ4v) is 2.25. The zero-order valence-electron chi connectivity index (χ0n) is 12.7. The highest BCUT2D eigenvalue weighted by molar-refractivity contribution is 5.95. The number of carboxylic acid groups (broad SMARTS) is 1. The zero-order chi connectivity index (χ0) is 16.1. The van der Waals surface area contributed by atoms with Crippen LogP contribution in [0.2, 0.25) is 0 Å². The number of H-pyrrole nitrogens is 1. The Kier molecular flexibility index (Phi) is 4.99. The van der Waals surface area contributed by atoms with Crippen LogP contribution in [0.3, 0.4) is 0 Å². The Labute approximate surface area is 129 Å². The van der Waals surface area contributed by atoms with Gasteiger partial charge in [-0.3, -0.25) is 9.59 Å². The van der Waals surface area contributed by atoms with Crippen molar-refractivity contribution in [1.82, 2.24) is 9.88 Å². The van der Waals surface area contributed by atoms with E-state index in [1.165, 1.54) is 4.90 Å². The number of aromatic amines is 1. The maximum absolute atomic E-state index is 12.6. The van der Waals surface area contributed by atoms with Gasteiger partial charge in [-0.1, -0.05) is 37.3 Å². The van der Waals surface area contributed by atoms with Gasteiger partial charge in [-0.05, 0) is 31.0 Å². The third-order valence-corrected chi connectivity index (χ3v) is 3.69. The van der Waals surface area contributed by atoms with Gasteiger partial charge in [-0.2, -0.15) is 0 Å². The number of aliphatic carboxylic acids is 1. The molecule has 2 N–H and O–H groups in total. The first-order valence-corrected chi connectivity index (χ1v) is 7.30. The maximum atomic E-state index is 12.6. The summed E-state index contributed by atoms with van der Waals surface area (Å²) in [5.74, 6) is -1.30. The lowest BCUT2D eigenvalue weighted by Gasteiger charge is -2.26. The monoisotopic (exact) mass is 300 g/mol. The number of hydrogen-bond donors (Lipinski definition) is 2. The number of amides is 1. The molecule has 22 heavy (non-hydrogen) atoms. The number of hydrogen-bond acceptors (Lipinski definition) is 2. The Bertz CT molecular complexity index is 649. The lowest BCUT2D eigenvalue weighted by Crippen LogP contribution is -2.42. The second-order valence-electron chi connectivity index (χ2n) is 5.24. The van der Waals surface area contributed by atoms with Crippen molar-refractivity contribution in [3.05, 3.63) is 48.2 Å². The molecule has 0 aliphatic heterocycles. The highest BCUT2D eigenvalue weighted by Gasteiger charge is 2.23. The molecule has 0 aliphatic rings. The molecule has 0 saturated heterocycles. The Morgan fingerprint density at radius 2 is 1.86 bits per heavy atom. The average Bonchev–Trinajstić information content (AvgIpc) is 3.02. The van der Waals surface area contributed by atoms with Crippen molar-refractivity contribution >= 4 is 11.9 Å². The fraction of sp³-hybridized carbons (Fsp3) is 0.294. The molecule has 1 aromatic heterocycles. The molecule has 1 aromatic carbocycles. The van der Waals surface area contributed by atoms with Crippen molar-refractivity contribution < 1.29 is 14.7 Å². The summed E-state index contributed by atoms with van der Waals surface area (Å²) in [6, 6.07) is 13.1. The van der Waals surface area contributed by atoms with Gasteiger partial charge in [0.15, 0.2) is 0 Å². The molecule has 1 amide bonds. The van der Waals surface area contributed by atoms with E-state index in [1.807, 2.05) is 50.2 Å². The summed E-state index contributed by atoms with van der Waals surface area (Å²) in [5.41, 5.74) is 2.22. The Morgan fingerprint density at radius 1 is 1.18 bits per heavy atom. The SMILES string of the molecule is CCC(C)N(CC(=O)O)C(=O)c1ccc(-c2ccccc2)[nH]1. The molecule has 0 spiro atoms. The molecule has 1 heterocycles. The molecule has 0 bridgehead atoms. The highest BCUT2D eigenvalue weighted by Crippen LogP contribution is 2.19. The van der Waals surface area contributed by atoms with Crippen LogP contribution in [0.1, 0.15) is 30.8 Å². The van der Waals surface area contributed by atoms with Gasteiger partial charge in [-0.15, -0.1) is 0 Å². The van der Waals surface area contributed by atoms with Crippen LogP contribution in [-0.2, 0) is 4.79 Å². The Hall–Kier alpha value is -2.56. The summed E-state index contributed by atoms with van der Waals surface area (Å²) in [6.07, 6.45) is 0.700. The predicted octanol–water partition coefficient (Wildman–Crippen LogP) is 3.01. The van der Waals surface area contributed by atoms with Crippen molar-refractivity contribution in [2.45, 2.75) is 26.3 Å². The van der Waals surface area contributed by atoms with E-state index in [-0.39, 0.29) is 18.5 Å². The maximum Gasteiger partial charge on any atom is 0.323 e. The van der Waals surface area contributed by atoms with Gasteiger partial charge in [-0.25, -0.2) is 0 Å². The van der Waals surface area contributed by atoms with Crippen LogP contribution < -0.4 is 0 Å². The van der Waals surface area contributed by atoms with Gasteiger partial charge in [0.25, 0.3) is 5.91 Å². The van der Waals surface area contributed by atoms with Crippen molar-refractivity contribution in [1.29, 1.82) is 0 Å². The van der Waals surface area contributed by atoms with Gasteiger partial charge < -0.3 is 15.0 Å². The van der Waals surface area contributed by atoms with E-state index in [2.05, 4.69) is 4.98 Å². The molecule has 1 atom stereocenters. The van der Waals surface area contributed by atoms with Crippen LogP contribution >= 0.6 is 0 Å². The number of carbonyl (C=O) groups is 2. The number of nitrogens with zero attached hydrogens (tertiary/aromatic N) is 1. The second kappa shape index (κ2) is 6.93. The van der Waals surface area contributed by atoms with E-state index in [4.69, 9.17) is 5.11 Å². The number of carbonyl (C=O) groups excluding carboxylic acids is 1. The van der Waals surface area contributed by atoms with E-state index in [1.54, 1.807) is 6.07 Å². The fourth-order valence-electron chi connectivity index (χ4n) is 2.25. The van der Waals surface area contributed by atoms with Gasteiger partial charge in [0.1, 0.15) is 12.2 Å². The van der Waals surface area contributed by atoms with E-state index in [9.17, 15) is 9.59 Å². The first kappa shape index (κ1) is 15.8. The summed E-state index contributed by atoms with van der Waals surface area (Å²) in [7, 11) is 0. The summed E-state index contributed by atoms with van der Waals surface area (Å²) >= 11 is 0. The molecule has 0 saturated carbocycles. The molecule has 2 aromatic rings. The van der Waals surface area contributed by atoms with Crippen LogP contribution in [0.15, 0.2) is 42.5 Å². The normalized spacial score (nSPS) is 11.9. The molecular weight excluding hydrogens is 280 g/mol. The molecule has 2 rings (SSSR count). The second-order valence-corrected chi connectivity index (χ2v) is 5.24. The standard InChI is InChI=1S/C17H20N2O3/c1-3-12(2)19(11-16(20)21)17(22)15-10-9-14(18-15)13-7-5-4-6-8-13/h4-10,12,18H,3,11H2,1-2H3,(H,20,21). The average molecular weight is 300 g/mol. The predicted molar refractivity (Wildman–Crippen MR) is 84.7 cm³/mol. The van der Waals surface area contributed by atoms with Gasteiger partial charge >= 0.3 is 5.97 Å². The molecule has 116 valence electrons. The molecule has 0 radical (unpaired) electrons. The molecule has 5 heteroatoms. The number of aromatic nitrogens is 1.